The summed E-state index contributed by atoms with van der Waals surface area (Å²) in [4.78, 5) is 19.2. The standard InChI is InChI=1S/C16H26N2O2S/c1-5-18(12-9-7-8-10-12)15-17-13(11-21-15)16(3,4)14(19)20-6-2/h11-12H,5-10H2,1-4H3. The highest BCUT2D eigenvalue weighted by atomic mass is 32.1. The van der Waals surface area contributed by atoms with Crippen molar-refractivity contribution in [1.29, 1.82) is 0 Å². The molecule has 4 nitrogen and oxygen atoms in total. The van der Waals surface area contributed by atoms with E-state index in [2.05, 4.69) is 11.8 Å². The highest BCUT2D eigenvalue weighted by molar-refractivity contribution is 7.13. The fourth-order valence-corrected chi connectivity index (χ4v) is 3.99. The SMILES string of the molecule is CCOC(=O)C(C)(C)c1csc(N(CC)C2CCCC2)n1. The largest absolute Gasteiger partial charge is 0.465 e. The van der Waals surface area contributed by atoms with Crippen LogP contribution in [0.3, 0.4) is 0 Å². The van der Waals surface area contributed by atoms with Crippen molar-refractivity contribution in [2.75, 3.05) is 18.1 Å². The summed E-state index contributed by atoms with van der Waals surface area (Å²) in [5.74, 6) is -0.203. The molecule has 1 saturated carbocycles. The average Bonchev–Trinajstić information content (AvgIpc) is 3.11. The molecule has 0 spiro atoms. The summed E-state index contributed by atoms with van der Waals surface area (Å²) in [6, 6.07) is 0.611. The first kappa shape index (κ1) is 16.3. The summed E-state index contributed by atoms with van der Waals surface area (Å²) in [5, 5.41) is 3.04. The van der Waals surface area contributed by atoms with E-state index >= 15 is 0 Å². The van der Waals surface area contributed by atoms with E-state index in [0.29, 0.717) is 12.6 Å². The summed E-state index contributed by atoms with van der Waals surface area (Å²) >= 11 is 1.64. The minimum absolute atomic E-state index is 0.203. The first-order chi connectivity index (χ1) is 10.0. The van der Waals surface area contributed by atoms with Gasteiger partial charge < -0.3 is 9.64 Å². The van der Waals surface area contributed by atoms with Crippen molar-refractivity contribution < 1.29 is 9.53 Å². The number of carbonyl (C=O) groups excluding carboxylic acids is 1. The number of hydrogen-bond donors (Lipinski definition) is 0. The minimum Gasteiger partial charge on any atom is -0.465 e. The van der Waals surface area contributed by atoms with E-state index in [9.17, 15) is 4.79 Å². The van der Waals surface area contributed by atoms with Gasteiger partial charge in [0.1, 0.15) is 5.41 Å². The number of anilines is 1. The predicted octanol–water partition coefficient (Wildman–Crippen LogP) is 3.75. The van der Waals surface area contributed by atoms with Crippen LogP contribution in [0.1, 0.15) is 59.1 Å². The maximum absolute atomic E-state index is 12.1. The molecule has 0 bridgehead atoms. The van der Waals surface area contributed by atoms with Crippen LogP contribution in [0.15, 0.2) is 5.38 Å². The Morgan fingerprint density at radius 3 is 2.67 bits per heavy atom. The first-order valence-corrected chi connectivity index (χ1v) is 8.78. The van der Waals surface area contributed by atoms with Crippen molar-refractivity contribution in [2.45, 2.75) is 64.8 Å². The van der Waals surface area contributed by atoms with Gasteiger partial charge in [-0.15, -0.1) is 11.3 Å². The van der Waals surface area contributed by atoms with E-state index in [0.717, 1.165) is 17.4 Å². The zero-order valence-corrected chi connectivity index (χ0v) is 14.3. The number of aromatic nitrogens is 1. The lowest BCUT2D eigenvalue weighted by atomic mass is 9.90. The molecule has 2 rings (SSSR count). The van der Waals surface area contributed by atoms with Crippen molar-refractivity contribution >= 4 is 22.4 Å². The van der Waals surface area contributed by atoms with Gasteiger partial charge in [0, 0.05) is 18.0 Å². The summed E-state index contributed by atoms with van der Waals surface area (Å²) in [7, 11) is 0. The second kappa shape index (κ2) is 6.77. The molecule has 1 aromatic rings. The minimum atomic E-state index is -0.681. The normalized spacial score (nSPS) is 16.2. The monoisotopic (exact) mass is 310 g/mol. The number of ether oxygens (including phenoxy) is 1. The van der Waals surface area contributed by atoms with E-state index in [1.807, 2.05) is 26.2 Å². The van der Waals surface area contributed by atoms with Gasteiger partial charge in [0.25, 0.3) is 0 Å². The van der Waals surface area contributed by atoms with Gasteiger partial charge in [-0.2, -0.15) is 0 Å². The Morgan fingerprint density at radius 2 is 2.10 bits per heavy atom. The van der Waals surface area contributed by atoms with Gasteiger partial charge in [0.05, 0.1) is 12.3 Å². The van der Waals surface area contributed by atoms with Crippen LogP contribution in [0.25, 0.3) is 0 Å². The molecule has 0 radical (unpaired) electrons. The Morgan fingerprint density at radius 1 is 1.43 bits per heavy atom. The van der Waals surface area contributed by atoms with Crippen LogP contribution in [0.5, 0.6) is 0 Å². The lowest BCUT2D eigenvalue weighted by molar-refractivity contribution is -0.148. The topological polar surface area (TPSA) is 42.4 Å². The van der Waals surface area contributed by atoms with Gasteiger partial charge in [-0.05, 0) is 40.5 Å². The van der Waals surface area contributed by atoms with Gasteiger partial charge in [-0.3, -0.25) is 4.79 Å². The molecule has 1 heterocycles. The quantitative estimate of drug-likeness (QED) is 0.750. The fraction of sp³-hybridized carbons (Fsp3) is 0.750. The Balaban J connectivity index is 2.17. The van der Waals surface area contributed by atoms with Crippen molar-refractivity contribution in [1.82, 2.24) is 4.98 Å². The smallest absolute Gasteiger partial charge is 0.317 e. The van der Waals surface area contributed by atoms with Crippen LogP contribution >= 0.6 is 11.3 Å². The number of rotatable bonds is 6. The molecule has 1 aliphatic rings. The summed E-state index contributed by atoms with van der Waals surface area (Å²) < 4.78 is 5.17. The maximum atomic E-state index is 12.1. The molecule has 0 aliphatic heterocycles. The Labute approximate surface area is 131 Å². The zero-order valence-electron chi connectivity index (χ0n) is 13.5. The molecule has 0 unspecified atom stereocenters. The third kappa shape index (κ3) is 3.39. The highest BCUT2D eigenvalue weighted by Crippen LogP contribution is 2.33. The number of hydrogen-bond acceptors (Lipinski definition) is 5. The van der Waals surface area contributed by atoms with E-state index in [1.54, 1.807) is 11.3 Å². The van der Waals surface area contributed by atoms with E-state index in [-0.39, 0.29) is 5.97 Å². The first-order valence-electron chi connectivity index (χ1n) is 7.90. The van der Waals surface area contributed by atoms with E-state index < -0.39 is 5.41 Å². The van der Waals surface area contributed by atoms with E-state index in [1.165, 1.54) is 25.7 Å². The Bertz CT molecular complexity index is 478. The molecule has 0 aromatic carbocycles. The number of nitrogens with zero attached hydrogens (tertiary/aromatic N) is 2. The van der Waals surface area contributed by atoms with Crippen LogP contribution in [0, 0.1) is 0 Å². The fourth-order valence-electron chi connectivity index (χ4n) is 2.86. The molecule has 1 aliphatic carbocycles. The van der Waals surface area contributed by atoms with Crippen LogP contribution in [-0.2, 0) is 14.9 Å². The summed E-state index contributed by atoms with van der Waals surface area (Å²) in [6.45, 7) is 9.15. The zero-order chi connectivity index (χ0) is 15.5. The molecule has 0 amide bonds. The van der Waals surface area contributed by atoms with Crippen molar-refractivity contribution in [3.05, 3.63) is 11.1 Å². The van der Waals surface area contributed by atoms with Crippen molar-refractivity contribution in [3.8, 4) is 0 Å². The predicted molar refractivity (Wildman–Crippen MR) is 87.0 cm³/mol. The summed E-state index contributed by atoms with van der Waals surface area (Å²) in [6.07, 6.45) is 5.13. The second-order valence-corrected chi connectivity index (χ2v) is 6.92. The molecule has 21 heavy (non-hydrogen) atoms. The molecule has 0 atom stereocenters. The molecule has 0 N–H and O–H groups in total. The Kier molecular flexibility index (Phi) is 5.25. The molecule has 1 aromatic heterocycles. The molecule has 0 saturated heterocycles. The van der Waals surface area contributed by atoms with Crippen LogP contribution < -0.4 is 4.90 Å². The molecule has 1 fully saturated rings. The van der Waals surface area contributed by atoms with Crippen molar-refractivity contribution in [3.63, 3.8) is 0 Å². The number of thiazole rings is 1. The summed E-state index contributed by atoms with van der Waals surface area (Å²) in [5.41, 5.74) is 0.136. The number of esters is 1. The number of carbonyl (C=O) groups is 1. The molecule has 118 valence electrons. The molecular weight excluding hydrogens is 284 g/mol. The highest BCUT2D eigenvalue weighted by Gasteiger charge is 2.35. The van der Waals surface area contributed by atoms with Crippen molar-refractivity contribution in [2.24, 2.45) is 0 Å². The third-order valence-corrected chi connectivity index (χ3v) is 5.15. The lowest BCUT2D eigenvalue weighted by Gasteiger charge is -2.27. The van der Waals surface area contributed by atoms with Crippen LogP contribution in [-0.4, -0.2) is 30.1 Å². The van der Waals surface area contributed by atoms with Gasteiger partial charge in [-0.25, -0.2) is 4.98 Å². The average molecular weight is 310 g/mol. The van der Waals surface area contributed by atoms with Gasteiger partial charge in [0.15, 0.2) is 5.13 Å². The third-order valence-electron chi connectivity index (χ3n) is 4.27. The molecule has 5 heteroatoms. The van der Waals surface area contributed by atoms with Gasteiger partial charge >= 0.3 is 5.97 Å². The van der Waals surface area contributed by atoms with Gasteiger partial charge in [-0.1, -0.05) is 12.8 Å². The maximum Gasteiger partial charge on any atom is 0.317 e. The van der Waals surface area contributed by atoms with Crippen LogP contribution in [0.2, 0.25) is 0 Å². The molecular formula is C16H26N2O2S. The van der Waals surface area contributed by atoms with Gasteiger partial charge in [0.2, 0.25) is 0 Å². The Hall–Kier alpha value is -1.10. The van der Waals surface area contributed by atoms with E-state index in [4.69, 9.17) is 9.72 Å². The lowest BCUT2D eigenvalue weighted by Crippen LogP contribution is -2.34. The van der Waals surface area contributed by atoms with Crippen LogP contribution in [0.4, 0.5) is 5.13 Å². The second-order valence-electron chi connectivity index (χ2n) is 6.09.